The van der Waals surface area contributed by atoms with Crippen molar-refractivity contribution >= 4 is 40.8 Å². The molecule has 0 fully saturated rings. The van der Waals surface area contributed by atoms with Gasteiger partial charge in [0.25, 0.3) is 0 Å². The number of ketones is 1. The van der Waals surface area contributed by atoms with Gasteiger partial charge in [-0.15, -0.1) is 0 Å². The van der Waals surface area contributed by atoms with E-state index >= 15 is 0 Å². The number of carbonyl (C=O) groups excluding carboxylic acids is 3. The van der Waals surface area contributed by atoms with Crippen molar-refractivity contribution in [1.82, 2.24) is 9.88 Å². The molecule has 1 aromatic heterocycles. The largest absolute Gasteiger partial charge is 0.480 e. The van der Waals surface area contributed by atoms with Gasteiger partial charge in [-0.25, -0.2) is 4.79 Å². The lowest BCUT2D eigenvalue weighted by Gasteiger charge is -2.16. The number of benzene rings is 1. The van der Waals surface area contributed by atoms with Gasteiger partial charge < -0.3 is 30.6 Å². The van der Waals surface area contributed by atoms with Gasteiger partial charge in [0.2, 0.25) is 5.91 Å². The normalized spacial score (nSPS) is 12.9. The van der Waals surface area contributed by atoms with Crippen LogP contribution in [0.5, 0.6) is 0 Å². The highest BCUT2D eigenvalue weighted by Crippen LogP contribution is 2.21. The first kappa shape index (κ1) is 20.8. The third-order valence-corrected chi connectivity index (χ3v) is 4.08. The second-order valence-corrected chi connectivity index (χ2v) is 6.10. The van der Waals surface area contributed by atoms with Gasteiger partial charge in [-0.05, 0) is 12.1 Å². The van der Waals surface area contributed by atoms with Crippen LogP contribution in [0.15, 0.2) is 30.3 Å². The van der Waals surface area contributed by atoms with Gasteiger partial charge in [-0.2, -0.15) is 0 Å². The summed E-state index contributed by atoms with van der Waals surface area (Å²) in [7, 11) is 0. The van der Waals surface area contributed by atoms with Crippen LogP contribution >= 0.6 is 0 Å². The molecule has 0 aliphatic heterocycles. The Morgan fingerprint density at radius 3 is 2.46 bits per heavy atom. The van der Waals surface area contributed by atoms with Crippen molar-refractivity contribution in [3.8, 4) is 0 Å². The first-order chi connectivity index (χ1) is 13.2. The Bertz CT molecular complexity index is 934. The molecule has 0 saturated heterocycles. The molecule has 10 nitrogen and oxygen atoms in total. The van der Waals surface area contributed by atoms with Crippen LogP contribution in [0.1, 0.15) is 23.3 Å². The molecule has 1 heterocycles. The van der Waals surface area contributed by atoms with E-state index in [1.54, 1.807) is 24.3 Å². The zero-order valence-electron chi connectivity index (χ0n) is 14.7. The van der Waals surface area contributed by atoms with Crippen LogP contribution in [-0.4, -0.2) is 56.8 Å². The number of amides is 1. The highest BCUT2D eigenvalue weighted by atomic mass is 16.4. The molecule has 0 spiro atoms. The van der Waals surface area contributed by atoms with Crippen LogP contribution in [0.3, 0.4) is 0 Å². The Morgan fingerprint density at radius 2 is 1.86 bits per heavy atom. The average Bonchev–Trinajstić information content (AvgIpc) is 2.99. The molecule has 0 aliphatic rings. The number of carboxylic acids is 2. The minimum absolute atomic E-state index is 0.0783. The van der Waals surface area contributed by atoms with Crippen LogP contribution in [0.2, 0.25) is 0 Å². The number of nitrogens with two attached hydrogens (primary N) is 1. The summed E-state index contributed by atoms with van der Waals surface area (Å²) < 4.78 is 1.32. The fraction of sp³-hybridized carbons (Fsp3) is 0.278. The second kappa shape index (κ2) is 8.91. The Morgan fingerprint density at radius 1 is 1.18 bits per heavy atom. The number of carbonyl (C=O) groups is 5. The number of nitrogens with one attached hydrogen (secondary N) is 1. The molecule has 148 valence electrons. The van der Waals surface area contributed by atoms with E-state index in [9.17, 15) is 24.0 Å². The summed E-state index contributed by atoms with van der Waals surface area (Å²) in [6.07, 6.45) is -0.552. The molecule has 2 unspecified atom stereocenters. The number of aromatic nitrogens is 1. The fourth-order valence-corrected chi connectivity index (χ4v) is 2.74. The fourth-order valence-electron chi connectivity index (χ4n) is 2.74. The number of para-hydroxylation sites is 1. The van der Waals surface area contributed by atoms with Gasteiger partial charge in [0.15, 0.2) is 5.78 Å². The van der Waals surface area contributed by atoms with Crippen molar-refractivity contribution in [2.24, 2.45) is 5.73 Å². The molecule has 2 rings (SSSR count). The van der Waals surface area contributed by atoms with Gasteiger partial charge in [0.1, 0.15) is 18.9 Å². The van der Waals surface area contributed by atoms with Crippen LogP contribution in [0.4, 0.5) is 0 Å². The molecule has 1 aromatic carbocycles. The van der Waals surface area contributed by atoms with E-state index in [2.05, 4.69) is 5.32 Å². The van der Waals surface area contributed by atoms with Crippen LogP contribution < -0.4 is 11.1 Å². The predicted octanol–water partition coefficient (Wildman–Crippen LogP) is -0.216. The zero-order chi connectivity index (χ0) is 20.8. The second-order valence-electron chi connectivity index (χ2n) is 6.10. The number of carboxylic acid groups (broad SMARTS) is 2. The van der Waals surface area contributed by atoms with E-state index in [4.69, 9.17) is 15.9 Å². The molecule has 10 heteroatoms. The molecule has 2 aromatic rings. The molecule has 0 bridgehead atoms. The Labute approximate surface area is 158 Å². The lowest BCUT2D eigenvalue weighted by Crippen LogP contribution is -2.49. The molecule has 0 saturated carbocycles. The lowest BCUT2D eigenvalue weighted by atomic mass is 10.1. The van der Waals surface area contributed by atoms with Crippen molar-refractivity contribution in [2.75, 3.05) is 0 Å². The van der Waals surface area contributed by atoms with Crippen molar-refractivity contribution in [3.63, 3.8) is 0 Å². The maximum absolute atomic E-state index is 12.6. The third kappa shape index (κ3) is 4.80. The van der Waals surface area contributed by atoms with Crippen molar-refractivity contribution < 1.29 is 34.2 Å². The summed E-state index contributed by atoms with van der Waals surface area (Å²) in [6, 6.07) is 5.53. The Balaban J connectivity index is 2.19. The Kier molecular flexibility index (Phi) is 6.61. The smallest absolute Gasteiger partial charge is 0.326 e. The first-order valence-corrected chi connectivity index (χ1v) is 8.30. The molecule has 28 heavy (non-hydrogen) atoms. The lowest BCUT2D eigenvalue weighted by molar-refractivity contribution is -0.142. The van der Waals surface area contributed by atoms with E-state index in [-0.39, 0.29) is 5.69 Å². The van der Waals surface area contributed by atoms with Crippen LogP contribution in [0, 0.1) is 0 Å². The molecule has 2 atom stereocenters. The average molecular weight is 389 g/mol. The van der Waals surface area contributed by atoms with Crippen LogP contribution in [-0.2, 0) is 25.7 Å². The number of aldehydes is 1. The standard InChI is InChI=1S/C18H19N3O7/c19-11(17(26)20-12(5-6-22)18(27)28)8-15(23)14-7-10-3-1-2-4-13(10)21(14)9-16(24)25/h1-4,6-7,11-12H,5,8-9,19H2,(H,20,26)(H,24,25)(H,27,28). The maximum Gasteiger partial charge on any atom is 0.326 e. The zero-order valence-corrected chi connectivity index (χ0v) is 14.7. The minimum Gasteiger partial charge on any atom is -0.480 e. The van der Waals surface area contributed by atoms with Gasteiger partial charge in [-0.3, -0.25) is 14.4 Å². The number of rotatable bonds is 10. The van der Waals surface area contributed by atoms with E-state index in [1.807, 2.05) is 0 Å². The number of aliphatic carboxylic acids is 2. The van der Waals surface area contributed by atoms with E-state index < -0.39 is 55.1 Å². The summed E-state index contributed by atoms with van der Waals surface area (Å²) in [6.45, 7) is -0.448. The monoisotopic (exact) mass is 389 g/mol. The van der Waals surface area contributed by atoms with E-state index in [0.717, 1.165) is 0 Å². The number of hydrogen-bond donors (Lipinski definition) is 4. The van der Waals surface area contributed by atoms with Crippen LogP contribution in [0.25, 0.3) is 10.9 Å². The SMILES string of the molecule is NC(CC(=O)c1cc2ccccc2n1CC(=O)O)C(=O)NC(CC=O)C(=O)O. The highest BCUT2D eigenvalue weighted by molar-refractivity contribution is 6.03. The Hall–Kier alpha value is -3.53. The number of nitrogens with zero attached hydrogens (tertiary/aromatic N) is 1. The molecule has 5 N–H and O–H groups in total. The quantitative estimate of drug-likeness (QED) is 0.319. The summed E-state index contributed by atoms with van der Waals surface area (Å²) in [5, 5.41) is 20.8. The van der Waals surface area contributed by atoms with Gasteiger partial charge in [0.05, 0.1) is 11.7 Å². The molecular formula is C18H19N3O7. The number of fused-ring (bicyclic) bond motifs is 1. The van der Waals surface area contributed by atoms with Gasteiger partial charge in [0, 0.05) is 23.7 Å². The summed E-state index contributed by atoms with van der Waals surface area (Å²) >= 11 is 0. The highest BCUT2D eigenvalue weighted by Gasteiger charge is 2.26. The first-order valence-electron chi connectivity index (χ1n) is 8.30. The third-order valence-electron chi connectivity index (χ3n) is 4.08. The molecule has 0 aliphatic carbocycles. The van der Waals surface area contributed by atoms with Crippen molar-refractivity contribution in [1.29, 1.82) is 0 Å². The molecular weight excluding hydrogens is 370 g/mol. The number of Topliss-reactive ketones (excluding diaryl/α,β-unsaturated/α-hetero) is 1. The maximum atomic E-state index is 12.6. The summed E-state index contributed by atoms with van der Waals surface area (Å²) in [5.74, 6) is -4.01. The summed E-state index contributed by atoms with van der Waals surface area (Å²) in [5.41, 5.74) is 6.33. The van der Waals surface area contributed by atoms with Crippen molar-refractivity contribution in [2.45, 2.75) is 31.5 Å². The van der Waals surface area contributed by atoms with E-state index in [0.29, 0.717) is 17.2 Å². The van der Waals surface area contributed by atoms with Crippen molar-refractivity contribution in [3.05, 3.63) is 36.0 Å². The summed E-state index contributed by atoms with van der Waals surface area (Å²) in [4.78, 5) is 57.3. The minimum atomic E-state index is -1.44. The molecule has 1 amide bonds. The number of hydrogen-bond acceptors (Lipinski definition) is 6. The predicted molar refractivity (Wildman–Crippen MR) is 96.7 cm³/mol. The van der Waals surface area contributed by atoms with E-state index in [1.165, 1.54) is 10.6 Å². The molecule has 0 radical (unpaired) electrons. The topological polar surface area (TPSA) is 169 Å². The van der Waals surface area contributed by atoms with Gasteiger partial charge in [-0.1, -0.05) is 18.2 Å². The van der Waals surface area contributed by atoms with Gasteiger partial charge >= 0.3 is 11.9 Å².